The van der Waals surface area contributed by atoms with Crippen LogP contribution in [0.15, 0.2) is 0 Å². The van der Waals surface area contributed by atoms with Crippen LogP contribution in [0.2, 0.25) is 0 Å². The maximum Gasteiger partial charge on any atom is 0.490 e. The largest absolute Gasteiger partial charge is 0.490 e. The number of carbonyl (C=O) groups excluding carboxylic acids is 2. The fraction of sp³-hybridized carbons (Fsp3) is 0.769. The quantitative estimate of drug-likeness (QED) is 0.724. The molecule has 0 bridgehead atoms. The van der Waals surface area contributed by atoms with Crippen LogP contribution in [0.5, 0.6) is 0 Å². The number of carbonyl (C=O) groups is 3. The molecule has 0 aromatic heterocycles. The van der Waals surface area contributed by atoms with Crippen LogP contribution >= 0.6 is 0 Å². The molecular formula is C13H23F3N2O4. The SMILES string of the molecule is CC(C)CN(CC(C)C)C(=O)CC(N)=O.O=C(O)C(F)(F)F. The van der Waals surface area contributed by atoms with Crippen molar-refractivity contribution in [2.45, 2.75) is 40.3 Å². The van der Waals surface area contributed by atoms with Gasteiger partial charge in [-0.05, 0) is 11.8 Å². The van der Waals surface area contributed by atoms with Crippen molar-refractivity contribution < 1.29 is 32.7 Å². The summed E-state index contributed by atoms with van der Waals surface area (Å²) in [5, 5.41) is 7.12. The lowest BCUT2D eigenvalue weighted by molar-refractivity contribution is -0.192. The molecule has 0 unspecified atom stereocenters. The van der Waals surface area contributed by atoms with Crippen LogP contribution in [0.3, 0.4) is 0 Å². The maximum atomic E-state index is 11.6. The Morgan fingerprint density at radius 3 is 1.55 bits per heavy atom. The summed E-state index contributed by atoms with van der Waals surface area (Å²) in [6.45, 7) is 9.56. The van der Waals surface area contributed by atoms with Gasteiger partial charge in [0.2, 0.25) is 11.8 Å². The van der Waals surface area contributed by atoms with Crippen molar-refractivity contribution in [2.75, 3.05) is 13.1 Å². The van der Waals surface area contributed by atoms with Gasteiger partial charge in [0.25, 0.3) is 0 Å². The lowest BCUT2D eigenvalue weighted by Crippen LogP contribution is -2.38. The van der Waals surface area contributed by atoms with Gasteiger partial charge in [-0.1, -0.05) is 27.7 Å². The topological polar surface area (TPSA) is 101 Å². The van der Waals surface area contributed by atoms with Crippen LogP contribution in [0.1, 0.15) is 34.1 Å². The summed E-state index contributed by atoms with van der Waals surface area (Å²) in [4.78, 5) is 32.9. The normalized spacial score (nSPS) is 11.0. The number of alkyl halides is 3. The number of amides is 2. The number of carboxylic acids is 1. The molecule has 0 aromatic carbocycles. The van der Waals surface area contributed by atoms with Gasteiger partial charge in [0.05, 0.1) is 0 Å². The molecule has 0 aliphatic carbocycles. The summed E-state index contributed by atoms with van der Waals surface area (Å²) in [5.41, 5.74) is 5.01. The smallest absolute Gasteiger partial charge is 0.475 e. The average Bonchev–Trinajstić information content (AvgIpc) is 2.25. The molecule has 3 N–H and O–H groups in total. The van der Waals surface area contributed by atoms with Gasteiger partial charge in [-0.25, -0.2) is 4.79 Å². The zero-order valence-electron chi connectivity index (χ0n) is 13.1. The summed E-state index contributed by atoms with van der Waals surface area (Å²) in [7, 11) is 0. The van der Waals surface area contributed by atoms with Crippen LogP contribution in [-0.2, 0) is 14.4 Å². The van der Waals surface area contributed by atoms with E-state index in [4.69, 9.17) is 15.6 Å². The Labute approximate surface area is 127 Å². The summed E-state index contributed by atoms with van der Waals surface area (Å²) in [6.07, 6.45) is -5.26. The van der Waals surface area contributed by atoms with Crippen molar-refractivity contribution in [3.8, 4) is 0 Å². The van der Waals surface area contributed by atoms with E-state index < -0.39 is 18.1 Å². The standard InChI is InChI=1S/C11H22N2O2.C2HF3O2/c1-8(2)6-13(7-9(3)4)11(15)5-10(12)14;3-2(4,5)1(6)7/h8-9H,5-7H2,1-4H3,(H2,12,14);(H,6,7). The molecule has 0 spiro atoms. The highest BCUT2D eigenvalue weighted by Gasteiger charge is 2.38. The van der Waals surface area contributed by atoms with Crippen LogP contribution in [0.4, 0.5) is 13.2 Å². The highest BCUT2D eigenvalue weighted by atomic mass is 19.4. The van der Waals surface area contributed by atoms with Gasteiger partial charge < -0.3 is 15.7 Å². The minimum atomic E-state index is -5.08. The number of hydrogen-bond acceptors (Lipinski definition) is 3. The summed E-state index contributed by atoms with van der Waals surface area (Å²) < 4.78 is 31.7. The van der Waals surface area contributed by atoms with Crippen LogP contribution in [0.25, 0.3) is 0 Å². The number of hydrogen-bond donors (Lipinski definition) is 2. The van der Waals surface area contributed by atoms with E-state index in [0.29, 0.717) is 24.9 Å². The first-order valence-electron chi connectivity index (χ1n) is 6.63. The predicted octanol–water partition coefficient (Wildman–Crippen LogP) is 1.64. The first kappa shape index (κ1) is 22.5. The molecule has 0 saturated heterocycles. The molecule has 0 radical (unpaired) electrons. The summed E-state index contributed by atoms with van der Waals surface area (Å²) in [6, 6.07) is 0. The Kier molecular flexibility index (Phi) is 10.2. The molecule has 130 valence electrons. The maximum absolute atomic E-state index is 11.6. The van der Waals surface area contributed by atoms with Gasteiger partial charge in [-0.3, -0.25) is 9.59 Å². The Hall–Kier alpha value is -1.80. The molecular weight excluding hydrogens is 305 g/mol. The minimum Gasteiger partial charge on any atom is -0.475 e. The zero-order valence-corrected chi connectivity index (χ0v) is 13.1. The summed E-state index contributed by atoms with van der Waals surface area (Å²) >= 11 is 0. The molecule has 0 atom stereocenters. The highest BCUT2D eigenvalue weighted by Crippen LogP contribution is 2.13. The van der Waals surface area contributed by atoms with E-state index in [0.717, 1.165) is 0 Å². The van der Waals surface area contributed by atoms with Crippen LogP contribution in [-0.4, -0.2) is 47.1 Å². The molecule has 0 fully saturated rings. The molecule has 6 nitrogen and oxygen atoms in total. The van der Waals surface area contributed by atoms with E-state index in [1.54, 1.807) is 4.90 Å². The number of carboxylic acid groups (broad SMARTS) is 1. The first-order chi connectivity index (χ1) is 9.77. The molecule has 0 rings (SSSR count). The number of nitrogens with two attached hydrogens (primary N) is 1. The van der Waals surface area contributed by atoms with Gasteiger partial charge >= 0.3 is 12.1 Å². The summed E-state index contributed by atoms with van der Waals surface area (Å²) in [5.74, 6) is -2.67. The molecule has 2 amide bonds. The van der Waals surface area contributed by atoms with E-state index in [2.05, 4.69) is 0 Å². The third kappa shape index (κ3) is 13.2. The van der Waals surface area contributed by atoms with Crippen molar-refractivity contribution in [1.82, 2.24) is 4.90 Å². The number of primary amides is 1. The predicted molar refractivity (Wildman–Crippen MR) is 73.8 cm³/mol. The fourth-order valence-electron chi connectivity index (χ4n) is 1.42. The monoisotopic (exact) mass is 328 g/mol. The van der Waals surface area contributed by atoms with Crippen LogP contribution in [0, 0.1) is 11.8 Å². The van der Waals surface area contributed by atoms with Gasteiger partial charge in [0.1, 0.15) is 6.42 Å². The van der Waals surface area contributed by atoms with Crippen LogP contribution < -0.4 is 5.73 Å². The van der Waals surface area contributed by atoms with Crippen molar-refractivity contribution >= 4 is 17.8 Å². The van der Waals surface area contributed by atoms with Gasteiger partial charge in [-0.2, -0.15) is 13.2 Å². The Balaban J connectivity index is 0. The van der Waals surface area contributed by atoms with Crippen molar-refractivity contribution in [1.29, 1.82) is 0 Å². The Morgan fingerprint density at radius 1 is 1.05 bits per heavy atom. The number of halogens is 3. The second-order valence-corrected chi connectivity index (χ2v) is 5.53. The van der Waals surface area contributed by atoms with Gasteiger partial charge in [-0.15, -0.1) is 0 Å². The van der Waals surface area contributed by atoms with Gasteiger partial charge in [0, 0.05) is 13.1 Å². The lowest BCUT2D eigenvalue weighted by atomic mass is 10.1. The second kappa shape index (κ2) is 10.0. The molecule has 9 heteroatoms. The Morgan fingerprint density at radius 2 is 1.36 bits per heavy atom. The molecule has 0 heterocycles. The number of aliphatic carboxylic acids is 1. The van der Waals surface area contributed by atoms with E-state index in [-0.39, 0.29) is 12.3 Å². The third-order valence-corrected chi connectivity index (χ3v) is 2.09. The highest BCUT2D eigenvalue weighted by molar-refractivity contribution is 5.96. The molecule has 22 heavy (non-hydrogen) atoms. The van der Waals surface area contributed by atoms with E-state index in [1.807, 2.05) is 27.7 Å². The second-order valence-electron chi connectivity index (χ2n) is 5.53. The molecule has 0 aliphatic rings. The number of nitrogens with zero attached hydrogens (tertiary/aromatic N) is 1. The average molecular weight is 328 g/mol. The van der Waals surface area contributed by atoms with Gasteiger partial charge in [0.15, 0.2) is 0 Å². The first-order valence-corrected chi connectivity index (χ1v) is 6.63. The number of rotatable bonds is 6. The van der Waals surface area contributed by atoms with E-state index in [9.17, 15) is 22.8 Å². The van der Waals surface area contributed by atoms with Crippen molar-refractivity contribution in [3.05, 3.63) is 0 Å². The minimum absolute atomic E-state index is 0.162. The molecule has 0 aromatic rings. The fourth-order valence-corrected chi connectivity index (χ4v) is 1.42. The lowest BCUT2D eigenvalue weighted by Gasteiger charge is -2.26. The third-order valence-electron chi connectivity index (χ3n) is 2.09. The zero-order chi connectivity index (χ0) is 18.1. The van der Waals surface area contributed by atoms with E-state index in [1.165, 1.54) is 0 Å². The molecule has 0 aliphatic heterocycles. The molecule has 0 saturated carbocycles. The van der Waals surface area contributed by atoms with E-state index >= 15 is 0 Å². The van der Waals surface area contributed by atoms with Crippen molar-refractivity contribution in [3.63, 3.8) is 0 Å². The Bertz CT molecular complexity index is 372. The van der Waals surface area contributed by atoms with Crippen molar-refractivity contribution in [2.24, 2.45) is 17.6 Å².